The van der Waals surface area contributed by atoms with Gasteiger partial charge in [0, 0.05) is 7.05 Å². The zero-order chi connectivity index (χ0) is 21.0. The Morgan fingerprint density at radius 3 is 2.55 bits per heavy atom. The van der Waals surface area contributed by atoms with Gasteiger partial charge in [0.2, 0.25) is 5.76 Å². The van der Waals surface area contributed by atoms with E-state index in [0.717, 1.165) is 15.0 Å². The second-order valence-corrected chi connectivity index (χ2v) is 6.07. The summed E-state index contributed by atoms with van der Waals surface area (Å²) < 4.78 is 10.9. The number of aromatic nitrogens is 2. The van der Waals surface area contributed by atoms with Crippen LogP contribution in [0.15, 0.2) is 62.7 Å². The molecule has 3 aromatic rings. The van der Waals surface area contributed by atoms with Crippen LogP contribution < -0.4 is 21.9 Å². The first kappa shape index (κ1) is 19.7. The number of aromatic amines is 1. The van der Waals surface area contributed by atoms with Crippen LogP contribution in [0, 0.1) is 0 Å². The summed E-state index contributed by atoms with van der Waals surface area (Å²) in [6.07, 6.45) is 1.29. The zero-order valence-electron chi connectivity index (χ0n) is 15.5. The number of likely N-dealkylation sites (N-methyl/N-ethyl adjacent to an activating group) is 1. The van der Waals surface area contributed by atoms with E-state index in [1.165, 1.54) is 25.4 Å². The standard InChI is InChI=1S/C19H18N4O6/c1-22(14(24)11-29-18(26)13-8-5-9-28-13)15-16(20)23(19(27)21-17(15)25)10-12-6-3-2-4-7-12/h2-9H,10-11,20H2,1H3,(H,21,25,27). The van der Waals surface area contributed by atoms with Crippen molar-refractivity contribution in [1.29, 1.82) is 0 Å². The molecular formula is C19H18N4O6. The van der Waals surface area contributed by atoms with Crippen molar-refractivity contribution < 1.29 is 18.7 Å². The number of hydrogen-bond donors (Lipinski definition) is 2. The first-order valence-corrected chi connectivity index (χ1v) is 8.52. The minimum atomic E-state index is -0.829. The SMILES string of the molecule is CN(C(=O)COC(=O)c1ccco1)c1c(N)n(Cc2ccccc2)c(=O)[nH]c1=O. The molecule has 0 radical (unpaired) electrons. The van der Waals surface area contributed by atoms with Crippen molar-refractivity contribution in [3.05, 3.63) is 80.9 Å². The fraction of sp³-hybridized carbons (Fsp3) is 0.158. The Morgan fingerprint density at radius 2 is 1.90 bits per heavy atom. The van der Waals surface area contributed by atoms with Crippen molar-refractivity contribution in [3.63, 3.8) is 0 Å². The van der Waals surface area contributed by atoms with Crippen LogP contribution in [0.3, 0.4) is 0 Å². The summed E-state index contributed by atoms with van der Waals surface area (Å²) in [5.41, 5.74) is 5.05. The highest BCUT2D eigenvalue weighted by Gasteiger charge is 2.22. The van der Waals surface area contributed by atoms with E-state index in [2.05, 4.69) is 4.98 Å². The van der Waals surface area contributed by atoms with Gasteiger partial charge in [-0.3, -0.25) is 19.1 Å². The van der Waals surface area contributed by atoms with Crippen molar-refractivity contribution in [1.82, 2.24) is 9.55 Å². The summed E-state index contributed by atoms with van der Waals surface area (Å²) in [5, 5.41) is 0. The summed E-state index contributed by atoms with van der Waals surface area (Å²) in [5.74, 6) is -1.79. The van der Waals surface area contributed by atoms with Gasteiger partial charge in [-0.1, -0.05) is 30.3 Å². The Morgan fingerprint density at radius 1 is 1.17 bits per heavy atom. The second kappa shape index (κ2) is 8.30. The fourth-order valence-electron chi connectivity index (χ4n) is 2.64. The van der Waals surface area contributed by atoms with E-state index in [1.54, 1.807) is 24.3 Å². The number of furan rings is 1. The number of nitrogen functional groups attached to an aromatic ring is 1. The summed E-state index contributed by atoms with van der Waals surface area (Å²) >= 11 is 0. The van der Waals surface area contributed by atoms with Crippen molar-refractivity contribution >= 4 is 23.4 Å². The number of carbonyl (C=O) groups excluding carboxylic acids is 2. The molecular weight excluding hydrogens is 380 g/mol. The third kappa shape index (κ3) is 4.26. The van der Waals surface area contributed by atoms with Crippen molar-refractivity contribution in [3.8, 4) is 0 Å². The number of nitrogens with two attached hydrogens (primary N) is 1. The van der Waals surface area contributed by atoms with Crippen LogP contribution in [0.25, 0.3) is 0 Å². The van der Waals surface area contributed by atoms with Gasteiger partial charge < -0.3 is 19.8 Å². The molecule has 0 bridgehead atoms. The average Bonchev–Trinajstić information content (AvgIpc) is 3.24. The van der Waals surface area contributed by atoms with Gasteiger partial charge in [0.1, 0.15) is 5.82 Å². The van der Waals surface area contributed by atoms with Gasteiger partial charge in [-0.2, -0.15) is 0 Å². The summed E-state index contributed by atoms with van der Waals surface area (Å²) in [7, 11) is 1.29. The number of esters is 1. The number of rotatable bonds is 6. The molecule has 29 heavy (non-hydrogen) atoms. The van der Waals surface area contributed by atoms with Crippen molar-refractivity contribution in [2.75, 3.05) is 24.3 Å². The van der Waals surface area contributed by atoms with Gasteiger partial charge >= 0.3 is 11.7 Å². The number of nitrogens with one attached hydrogen (secondary N) is 1. The highest BCUT2D eigenvalue weighted by Crippen LogP contribution is 2.16. The second-order valence-electron chi connectivity index (χ2n) is 6.07. The lowest BCUT2D eigenvalue weighted by Gasteiger charge is -2.20. The minimum absolute atomic E-state index is 0.0609. The Hall–Kier alpha value is -4.08. The average molecular weight is 398 g/mol. The van der Waals surface area contributed by atoms with Gasteiger partial charge in [-0.05, 0) is 17.7 Å². The summed E-state index contributed by atoms with van der Waals surface area (Å²) in [4.78, 5) is 51.7. The number of anilines is 2. The molecule has 0 saturated carbocycles. The monoisotopic (exact) mass is 398 g/mol. The molecule has 10 nitrogen and oxygen atoms in total. The minimum Gasteiger partial charge on any atom is -0.457 e. The number of nitrogens with zero attached hydrogens (tertiary/aromatic N) is 2. The highest BCUT2D eigenvalue weighted by molar-refractivity contribution is 5.97. The lowest BCUT2D eigenvalue weighted by atomic mass is 10.2. The van der Waals surface area contributed by atoms with Gasteiger partial charge in [-0.15, -0.1) is 0 Å². The zero-order valence-corrected chi connectivity index (χ0v) is 15.5. The summed E-state index contributed by atoms with van der Waals surface area (Å²) in [6, 6.07) is 11.9. The molecule has 0 spiro atoms. The molecule has 2 aromatic heterocycles. The van der Waals surface area contributed by atoms with Crippen LogP contribution in [0.5, 0.6) is 0 Å². The molecule has 0 aliphatic carbocycles. The van der Waals surface area contributed by atoms with E-state index in [4.69, 9.17) is 14.9 Å². The van der Waals surface area contributed by atoms with Crippen molar-refractivity contribution in [2.45, 2.75) is 6.54 Å². The van der Waals surface area contributed by atoms with E-state index in [0.29, 0.717) is 0 Å². The number of benzene rings is 1. The Labute approximate surface area is 164 Å². The van der Waals surface area contributed by atoms with Crippen LogP contribution in [0.1, 0.15) is 16.1 Å². The van der Waals surface area contributed by atoms with E-state index in [9.17, 15) is 19.2 Å². The molecule has 3 rings (SSSR count). The Kier molecular flexibility index (Phi) is 5.63. The molecule has 0 aliphatic rings. The largest absolute Gasteiger partial charge is 0.457 e. The molecule has 0 fully saturated rings. The van der Waals surface area contributed by atoms with Crippen molar-refractivity contribution in [2.24, 2.45) is 0 Å². The lowest BCUT2D eigenvalue weighted by Crippen LogP contribution is -2.40. The normalized spacial score (nSPS) is 10.5. The lowest BCUT2D eigenvalue weighted by molar-refractivity contribution is -0.121. The predicted molar refractivity (Wildman–Crippen MR) is 104 cm³/mol. The predicted octanol–water partition coefficient (Wildman–Crippen LogP) is 0.580. The van der Waals surface area contributed by atoms with Crippen LogP contribution in [0.4, 0.5) is 11.5 Å². The highest BCUT2D eigenvalue weighted by atomic mass is 16.5. The molecule has 0 atom stereocenters. The van der Waals surface area contributed by atoms with E-state index in [-0.39, 0.29) is 23.8 Å². The van der Waals surface area contributed by atoms with Crippen LogP contribution >= 0.6 is 0 Å². The quantitative estimate of drug-likeness (QED) is 0.579. The number of H-pyrrole nitrogens is 1. The molecule has 1 amide bonds. The molecule has 10 heteroatoms. The molecule has 0 saturated heterocycles. The topological polar surface area (TPSA) is 141 Å². The van der Waals surface area contributed by atoms with Crippen LogP contribution in [-0.4, -0.2) is 35.1 Å². The molecule has 3 N–H and O–H groups in total. The summed E-state index contributed by atoms with van der Waals surface area (Å²) in [6.45, 7) is -0.544. The maximum atomic E-state index is 12.4. The first-order valence-electron chi connectivity index (χ1n) is 8.52. The van der Waals surface area contributed by atoms with Crippen LogP contribution in [-0.2, 0) is 16.1 Å². The van der Waals surface area contributed by atoms with Gasteiger partial charge in [0.15, 0.2) is 12.3 Å². The van der Waals surface area contributed by atoms with Crippen LogP contribution in [0.2, 0.25) is 0 Å². The maximum Gasteiger partial charge on any atom is 0.374 e. The van der Waals surface area contributed by atoms with Gasteiger partial charge in [-0.25, -0.2) is 9.59 Å². The molecule has 0 aliphatic heterocycles. The van der Waals surface area contributed by atoms with E-state index >= 15 is 0 Å². The fourth-order valence-corrected chi connectivity index (χ4v) is 2.64. The first-order chi connectivity index (χ1) is 13.9. The maximum absolute atomic E-state index is 12.4. The third-order valence-corrected chi connectivity index (χ3v) is 4.16. The number of ether oxygens (including phenoxy) is 1. The number of carbonyl (C=O) groups is 2. The molecule has 0 unspecified atom stereocenters. The van der Waals surface area contributed by atoms with E-state index in [1.807, 2.05) is 6.07 Å². The molecule has 1 aromatic carbocycles. The van der Waals surface area contributed by atoms with Gasteiger partial charge in [0.25, 0.3) is 11.5 Å². The van der Waals surface area contributed by atoms with E-state index < -0.39 is 29.7 Å². The van der Waals surface area contributed by atoms with Gasteiger partial charge in [0.05, 0.1) is 12.8 Å². The smallest absolute Gasteiger partial charge is 0.374 e. The Bertz CT molecular complexity index is 1130. The Balaban J connectivity index is 1.82. The number of hydrogen-bond acceptors (Lipinski definition) is 7. The third-order valence-electron chi connectivity index (χ3n) is 4.16. The number of amides is 1. The molecule has 150 valence electrons. The molecule has 2 heterocycles.